The van der Waals surface area contributed by atoms with Gasteiger partial charge in [0.25, 0.3) is 0 Å². The van der Waals surface area contributed by atoms with Crippen LogP contribution in [0.2, 0.25) is 0 Å². The SMILES string of the molecule is CC(C)(C)N1CCP(C)(=O)CC1. The van der Waals surface area contributed by atoms with E-state index in [0.717, 1.165) is 25.4 Å². The monoisotopic (exact) mass is 189 g/mol. The van der Waals surface area contributed by atoms with E-state index in [-0.39, 0.29) is 5.54 Å². The molecule has 1 saturated heterocycles. The van der Waals surface area contributed by atoms with Crippen LogP contribution < -0.4 is 0 Å². The molecule has 12 heavy (non-hydrogen) atoms. The van der Waals surface area contributed by atoms with E-state index in [1.165, 1.54) is 0 Å². The van der Waals surface area contributed by atoms with Gasteiger partial charge in [-0.1, -0.05) is 0 Å². The Bertz CT molecular complexity index is 195. The van der Waals surface area contributed by atoms with Crippen molar-refractivity contribution < 1.29 is 4.57 Å². The van der Waals surface area contributed by atoms with E-state index in [2.05, 4.69) is 25.7 Å². The summed E-state index contributed by atoms with van der Waals surface area (Å²) in [4.78, 5) is 2.42. The quantitative estimate of drug-likeness (QED) is 0.544. The van der Waals surface area contributed by atoms with Gasteiger partial charge in [-0.2, -0.15) is 0 Å². The standard InChI is InChI=1S/C9H20NOP/c1-9(2,3)10-5-7-12(4,11)8-6-10/h5-8H2,1-4H3. The molecule has 1 fully saturated rings. The molecule has 0 aromatic rings. The summed E-state index contributed by atoms with van der Waals surface area (Å²) in [5.41, 5.74) is 0.250. The molecule has 3 heteroatoms. The van der Waals surface area contributed by atoms with Gasteiger partial charge in [-0.05, 0) is 27.4 Å². The Balaban J connectivity index is 2.53. The van der Waals surface area contributed by atoms with Crippen LogP contribution in [0.1, 0.15) is 20.8 Å². The highest BCUT2D eigenvalue weighted by molar-refractivity contribution is 7.63. The van der Waals surface area contributed by atoms with Gasteiger partial charge in [0.1, 0.15) is 0 Å². The van der Waals surface area contributed by atoms with Gasteiger partial charge in [-0.25, -0.2) is 0 Å². The molecular weight excluding hydrogens is 169 g/mol. The molecule has 0 unspecified atom stereocenters. The largest absolute Gasteiger partial charge is 0.324 e. The number of hydrogen-bond donors (Lipinski definition) is 0. The molecule has 0 N–H and O–H groups in total. The van der Waals surface area contributed by atoms with Crippen molar-refractivity contribution in [2.24, 2.45) is 0 Å². The van der Waals surface area contributed by atoms with E-state index < -0.39 is 7.14 Å². The van der Waals surface area contributed by atoms with Gasteiger partial charge in [0.2, 0.25) is 0 Å². The van der Waals surface area contributed by atoms with Crippen molar-refractivity contribution in [2.45, 2.75) is 26.3 Å². The second kappa shape index (κ2) is 3.16. The number of nitrogens with zero attached hydrogens (tertiary/aromatic N) is 1. The Labute approximate surface area is 75.7 Å². The van der Waals surface area contributed by atoms with Crippen molar-refractivity contribution >= 4 is 7.14 Å². The van der Waals surface area contributed by atoms with E-state index in [0.29, 0.717) is 0 Å². The molecule has 2 nitrogen and oxygen atoms in total. The maximum Gasteiger partial charge on any atom is 0.0873 e. The Kier molecular flexibility index (Phi) is 2.70. The van der Waals surface area contributed by atoms with E-state index >= 15 is 0 Å². The van der Waals surface area contributed by atoms with Crippen molar-refractivity contribution in [1.82, 2.24) is 4.90 Å². The summed E-state index contributed by atoms with van der Waals surface area (Å²) in [6.07, 6.45) is 1.81. The van der Waals surface area contributed by atoms with Crippen LogP contribution in [-0.4, -0.2) is 42.5 Å². The molecule has 1 rings (SSSR count). The van der Waals surface area contributed by atoms with Crippen molar-refractivity contribution in [1.29, 1.82) is 0 Å². The molecule has 0 aromatic heterocycles. The van der Waals surface area contributed by atoms with E-state index in [9.17, 15) is 4.57 Å². The van der Waals surface area contributed by atoms with E-state index in [4.69, 9.17) is 0 Å². The zero-order valence-corrected chi connectivity index (χ0v) is 9.53. The molecule has 1 aliphatic rings. The lowest BCUT2D eigenvalue weighted by molar-refractivity contribution is 0.150. The lowest BCUT2D eigenvalue weighted by atomic mass is 10.1. The molecule has 0 aromatic carbocycles. The first-order valence-corrected chi connectivity index (χ1v) is 7.14. The van der Waals surface area contributed by atoms with Gasteiger partial charge < -0.3 is 4.57 Å². The minimum atomic E-state index is -1.74. The molecule has 0 saturated carbocycles. The average Bonchev–Trinajstić information content (AvgIpc) is 1.83. The van der Waals surface area contributed by atoms with Crippen molar-refractivity contribution in [2.75, 3.05) is 32.1 Å². The van der Waals surface area contributed by atoms with Gasteiger partial charge in [-0.15, -0.1) is 0 Å². The first kappa shape index (κ1) is 10.3. The molecule has 0 aliphatic carbocycles. The van der Waals surface area contributed by atoms with Gasteiger partial charge >= 0.3 is 0 Å². The van der Waals surface area contributed by atoms with Crippen molar-refractivity contribution in [3.8, 4) is 0 Å². The van der Waals surface area contributed by atoms with Crippen molar-refractivity contribution in [3.63, 3.8) is 0 Å². The summed E-state index contributed by atoms with van der Waals surface area (Å²) in [5.74, 6) is 0. The van der Waals surface area contributed by atoms with Gasteiger partial charge in [-0.3, -0.25) is 4.90 Å². The van der Waals surface area contributed by atoms with Crippen LogP contribution in [0.3, 0.4) is 0 Å². The molecule has 0 bridgehead atoms. The average molecular weight is 189 g/mol. The highest BCUT2D eigenvalue weighted by Gasteiger charge is 2.29. The fourth-order valence-corrected chi connectivity index (χ4v) is 3.11. The number of rotatable bonds is 0. The third-order valence-corrected chi connectivity index (χ3v) is 4.93. The number of hydrogen-bond acceptors (Lipinski definition) is 2. The molecule has 72 valence electrons. The highest BCUT2D eigenvalue weighted by Crippen LogP contribution is 2.43. The fraction of sp³-hybridized carbons (Fsp3) is 1.00. The maximum atomic E-state index is 11.7. The molecule has 1 aliphatic heterocycles. The van der Waals surface area contributed by atoms with Crippen LogP contribution in [0.25, 0.3) is 0 Å². The smallest absolute Gasteiger partial charge is 0.0873 e. The van der Waals surface area contributed by atoms with Crippen molar-refractivity contribution in [3.05, 3.63) is 0 Å². The van der Waals surface area contributed by atoms with Crippen LogP contribution >= 0.6 is 7.14 Å². The zero-order chi connectivity index (χ0) is 9.41. The molecule has 0 spiro atoms. The summed E-state index contributed by atoms with van der Waals surface area (Å²) >= 11 is 0. The molecule has 0 radical (unpaired) electrons. The topological polar surface area (TPSA) is 20.3 Å². The summed E-state index contributed by atoms with van der Waals surface area (Å²) in [6, 6.07) is 0. The van der Waals surface area contributed by atoms with Crippen LogP contribution in [0.5, 0.6) is 0 Å². The second-order valence-electron chi connectivity index (χ2n) is 4.90. The predicted octanol–water partition coefficient (Wildman–Crippen LogP) is 2.09. The first-order valence-electron chi connectivity index (χ1n) is 4.62. The first-order chi connectivity index (χ1) is 5.31. The third kappa shape index (κ3) is 2.60. The van der Waals surface area contributed by atoms with Gasteiger partial charge in [0.05, 0.1) is 7.14 Å². The minimum absolute atomic E-state index is 0.250. The molecule has 0 atom stereocenters. The summed E-state index contributed by atoms with van der Waals surface area (Å²) in [5, 5.41) is 0. The molecular formula is C9H20NOP. The van der Waals surface area contributed by atoms with E-state index in [1.54, 1.807) is 0 Å². The highest BCUT2D eigenvalue weighted by atomic mass is 31.2. The summed E-state index contributed by atoms with van der Waals surface area (Å²) in [7, 11) is -1.74. The van der Waals surface area contributed by atoms with Gasteiger partial charge in [0, 0.05) is 31.0 Å². The minimum Gasteiger partial charge on any atom is -0.324 e. The van der Waals surface area contributed by atoms with Crippen LogP contribution in [0.4, 0.5) is 0 Å². The molecule has 0 amide bonds. The third-order valence-electron chi connectivity index (χ3n) is 2.63. The Hall–Kier alpha value is 0.190. The van der Waals surface area contributed by atoms with Crippen LogP contribution in [0, 0.1) is 0 Å². The van der Waals surface area contributed by atoms with Crippen LogP contribution in [-0.2, 0) is 4.57 Å². The lowest BCUT2D eigenvalue weighted by Gasteiger charge is -2.40. The Morgan fingerprint density at radius 3 is 1.92 bits per heavy atom. The predicted molar refractivity (Wildman–Crippen MR) is 54.6 cm³/mol. The zero-order valence-electron chi connectivity index (χ0n) is 8.63. The lowest BCUT2D eigenvalue weighted by Crippen LogP contribution is -2.46. The second-order valence-corrected chi connectivity index (χ2v) is 8.39. The Morgan fingerprint density at radius 2 is 1.58 bits per heavy atom. The summed E-state index contributed by atoms with van der Waals surface area (Å²) < 4.78 is 11.7. The molecule has 1 heterocycles. The maximum absolute atomic E-state index is 11.7. The Morgan fingerprint density at radius 1 is 1.17 bits per heavy atom. The summed E-state index contributed by atoms with van der Waals surface area (Å²) in [6.45, 7) is 10.6. The van der Waals surface area contributed by atoms with Crippen LogP contribution in [0.15, 0.2) is 0 Å². The normalized spacial score (nSPS) is 25.7. The van der Waals surface area contributed by atoms with Gasteiger partial charge in [0.15, 0.2) is 0 Å². The fourth-order valence-electron chi connectivity index (χ4n) is 1.56. The van der Waals surface area contributed by atoms with E-state index in [1.807, 2.05) is 6.66 Å².